The topological polar surface area (TPSA) is 37.8 Å². The van der Waals surface area contributed by atoms with Crippen LogP contribution in [0.15, 0.2) is 66.7 Å². The van der Waals surface area contributed by atoms with Gasteiger partial charge in [0.2, 0.25) is 0 Å². The Hall–Kier alpha value is -3.20. The molecule has 0 saturated carbocycles. The standard InChI is InChI=1S/C26H27N3/c1-17-10-5-6-13-21(17)20(4)27-26-23-15-8-7-14-22(23)25(28-29-26)16-24-18(2)11-9-12-19(24)3/h5-15,20H,16H2,1-4H3,(H,27,29). The highest BCUT2D eigenvalue weighted by Gasteiger charge is 2.14. The Morgan fingerprint density at radius 1 is 0.724 bits per heavy atom. The molecule has 0 fully saturated rings. The lowest BCUT2D eigenvalue weighted by Gasteiger charge is -2.19. The second kappa shape index (κ2) is 8.04. The maximum Gasteiger partial charge on any atom is 0.157 e. The van der Waals surface area contributed by atoms with Crippen molar-refractivity contribution >= 4 is 16.6 Å². The van der Waals surface area contributed by atoms with Gasteiger partial charge < -0.3 is 5.32 Å². The normalized spacial score (nSPS) is 12.1. The number of rotatable bonds is 5. The van der Waals surface area contributed by atoms with E-state index in [0.717, 1.165) is 28.7 Å². The zero-order valence-electron chi connectivity index (χ0n) is 17.5. The maximum atomic E-state index is 4.64. The SMILES string of the molecule is Cc1ccccc1C(C)Nc1nnc(Cc2c(C)cccc2C)c2ccccc12. The molecular weight excluding hydrogens is 354 g/mol. The van der Waals surface area contributed by atoms with Crippen molar-refractivity contribution in [2.24, 2.45) is 0 Å². The zero-order valence-corrected chi connectivity index (χ0v) is 17.5. The Labute approximate surface area is 172 Å². The first-order chi connectivity index (χ1) is 14.0. The number of hydrogen-bond donors (Lipinski definition) is 1. The number of aromatic nitrogens is 2. The molecule has 0 aliphatic rings. The largest absolute Gasteiger partial charge is 0.362 e. The molecule has 0 bridgehead atoms. The predicted molar refractivity (Wildman–Crippen MR) is 121 cm³/mol. The molecule has 0 radical (unpaired) electrons. The molecule has 4 aromatic rings. The Morgan fingerprint density at radius 3 is 2.07 bits per heavy atom. The third-order valence-electron chi connectivity index (χ3n) is 5.76. The Balaban J connectivity index is 1.72. The number of anilines is 1. The van der Waals surface area contributed by atoms with Crippen LogP contribution in [0, 0.1) is 20.8 Å². The van der Waals surface area contributed by atoms with Crippen LogP contribution in [0.25, 0.3) is 10.8 Å². The highest BCUT2D eigenvalue weighted by atomic mass is 15.2. The molecule has 146 valence electrons. The number of nitrogens with zero attached hydrogens (tertiary/aromatic N) is 2. The lowest BCUT2D eigenvalue weighted by molar-refractivity contribution is 0.849. The number of nitrogens with one attached hydrogen (secondary N) is 1. The summed E-state index contributed by atoms with van der Waals surface area (Å²) in [6, 6.07) is 23.5. The van der Waals surface area contributed by atoms with E-state index < -0.39 is 0 Å². The van der Waals surface area contributed by atoms with E-state index in [4.69, 9.17) is 0 Å². The highest BCUT2D eigenvalue weighted by Crippen LogP contribution is 2.29. The number of fused-ring (bicyclic) bond motifs is 1. The van der Waals surface area contributed by atoms with Crippen LogP contribution in [0.3, 0.4) is 0 Å². The smallest absolute Gasteiger partial charge is 0.157 e. The molecule has 1 unspecified atom stereocenters. The van der Waals surface area contributed by atoms with Crippen molar-refractivity contribution in [2.45, 2.75) is 40.2 Å². The van der Waals surface area contributed by atoms with E-state index in [-0.39, 0.29) is 6.04 Å². The van der Waals surface area contributed by atoms with Gasteiger partial charge in [-0.05, 0) is 55.5 Å². The van der Waals surface area contributed by atoms with Crippen LogP contribution >= 0.6 is 0 Å². The van der Waals surface area contributed by atoms with Crippen molar-refractivity contribution in [1.82, 2.24) is 10.2 Å². The monoisotopic (exact) mass is 381 g/mol. The Morgan fingerprint density at radius 2 is 1.34 bits per heavy atom. The van der Waals surface area contributed by atoms with E-state index >= 15 is 0 Å². The Kier molecular flexibility index (Phi) is 5.30. The van der Waals surface area contributed by atoms with Gasteiger partial charge in [-0.3, -0.25) is 0 Å². The van der Waals surface area contributed by atoms with E-state index in [1.54, 1.807) is 0 Å². The number of hydrogen-bond acceptors (Lipinski definition) is 3. The molecule has 0 amide bonds. The Bertz CT molecular complexity index is 1140. The first-order valence-corrected chi connectivity index (χ1v) is 10.2. The summed E-state index contributed by atoms with van der Waals surface area (Å²) < 4.78 is 0. The fourth-order valence-electron chi connectivity index (χ4n) is 4.05. The van der Waals surface area contributed by atoms with Crippen molar-refractivity contribution in [3.63, 3.8) is 0 Å². The maximum absolute atomic E-state index is 4.64. The third-order valence-corrected chi connectivity index (χ3v) is 5.76. The quantitative estimate of drug-likeness (QED) is 0.439. The molecule has 0 spiro atoms. The molecule has 3 aromatic carbocycles. The van der Waals surface area contributed by atoms with E-state index in [0.29, 0.717) is 0 Å². The van der Waals surface area contributed by atoms with Crippen molar-refractivity contribution in [1.29, 1.82) is 0 Å². The minimum atomic E-state index is 0.151. The van der Waals surface area contributed by atoms with Crippen molar-refractivity contribution in [3.8, 4) is 0 Å². The fraction of sp³-hybridized carbons (Fsp3) is 0.231. The molecule has 29 heavy (non-hydrogen) atoms. The molecule has 0 aliphatic carbocycles. The van der Waals surface area contributed by atoms with Gasteiger partial charge in [0.25, 0.3) is 0 Å². The average Bonchev–Trinajstić information content (AvgIpc) is 2.72. The summed E-state index contributed by atoms with van der Waals surface area (Å²) in [6.07, 6.45) is 0.791. The van der Waals surface area contributed by atoms with E-state index in [9.17, 15) is 0 Å². The van der Waals surface area contributed by atoms with Crippen LogP contribution in [-0.2, 0) is 6.42 Å². The summed E-state index contributed by atoms with van der Waals surface area (Å²) in [5, 5.41) is 15.1. The molecule has 0 aliphatic heterocycles. The molecule has 1 aromatic heterocycles. The van der Waals surface area contributed by atoms with Gasteiger partial charge in [0.05, 0.1) is 11.7 Å². The first-order valence-electron chi connectivity index (χ1n) is 10.2. The summed E-state index contributed by atoms with van der Waals surface area (Å²) in [7, 11) is 0. The molecule has 1 heterocycles. The number of benzene rings is 3. The van der Waals surface area contributed by atoms with Crippen molar-refractivity contribution in [3.05, 3.63) is 100 Å². The van der Waals surface area contributed by atoms with Gasteiger partial charge in [-0.25, -0.2) is 0 Å². The van der Waals surface area contributed by atoms with Gasteiger partial charge in [0.1, 0.15) is 0 Å². The first kappa shape index (κ1) is 19.1. The predicted octanol–water partition coefficient (Wildman–Crippen LogP) is 6.32. The summed E-state index contributed by atoms with van der Waals surface area (Å²) >= 11 is 0. The van der Waals surface area contributed by atoms with Crippen LogP contribution in [0.1, 0.15) is 46.5 Å². The second-order valence-electron chi connectivity index (χ2n) is 7.81. The molecule has 3 nitrogen and oxygen atoms in total. The van der Waals surface area contributed by atoms with E-state index in [2.05, 4.69) is 110 Å². The van der Waals surface area contributed by atoms with Gasteiger partial charge >= 0.3 is 0 Å². The van der Waals surface area contributed by atoms with Crippen molar-refractivity contribution < 1.29 is 0 Å². The van der Waals surface area contributed by atoms with Crippen LogP contribution in [0.5, 0.6) is 0 Å². The summed E-state index contributed by atoms with van der Waals surface area (Å²) in [5.41, 5.74) is 7.50. The van der Waals surface area contributed by atoms with Gasteiger partial charge in [-0.1, -0.05) is 66.7 Å². The molecule has 3 heteroatoms. The second-order valence-corrected chi connectivity index (χ2v) is 7.81. The van der Waals surface area contributed by atoms with Gasteiger partial charge in [-0.2, -0.15) is 5.10 Å². The zero-order chi connectivity index (χ0) is 20.4. The third kappa shape index (κ3) is 3.86. The highest BCUT2D eigenvalue weighted by molar-refractivity contribution is 5.93. The number of aryl methyl sites for hydroxylation is 3. The van der Waals surface area contributed by atoms with Gasteiger partial charge in [-0.15, -0.1) is 5.10 Å². The summed E-state index contributed by atoms with van der Waals surface area (Å²) in [5.74, 6) is 0.835. The minimum Gasteiger partial charge on any atom is -0.362 e. The van der Waals surface area contributed by atoms with E-state index in [1.165, 1.54) is 27.8 Å². The molecule has 1 N–H and O–H groups in total. The molecular formula is C26H27N3. The minimum absolute atomic E-state index is 0.151. The fourth-order valence-corrected chi connectivity index (χ4v) is 4.05. The van der Waals surface area contributed by atoms with Crippen LogP contribution < -0.4 is 5.32 Å². The van der Waals surface area contributed by atoms with Crippen molar-refractivity contribution in [2.75, 3.05) is 5.32 Å². The molecule has 1 atom stereocenters. The van der Waals surface area contributed by atoms with Crippen LogP contribution in [-0.4, -0.2) is 10.2 Å². The van der Waals surface area contributed by atoms with Gasteiger partial charge in [0, 0.05) is 17.2 Å². The molecule has 4 rings (SSSR count). The lowest BCUT2D eigenvalue weighted by atomic mass is 9.96. The average molecular weight is 382 g/mol. The van der Waals surface area contributed by atoms with E-state index in [1.807, 2.05) is 0 Å². The lowest BCUT2D eigenvalue weighted by Crippen LogP contribution is -2.11. The summed E-state index contributed by atoms with van der Waals surface area (Å²) in [4.78, 5) is 0. The van der Waals surface area contributed by atoms with Gasteiger partial charge in [0.15, 0.2) is 5.82 Å². The molecule has 0 saturated heterocycles. The summed E-state index contributed by atoms with van der Waals surface area (Å²) in [6.45, 7) is 8.64. The van der Waals surface area contributed by atoms with Crippen LogP contribution in [0.4, 0.5) is 5.82 Å². The van der Waals surface area contributed by atoms with Crippen LogP contribution in [0.2, 0.25) is 0 Å².